The Kier molecular flexibility index (Phi) is 4.07. The molecule has 4 nitrogen and oxygen atoms in total. The van der Waals surface area contributed by atoms with Gasteiger partial charge >= 0.3 is 0 Å². The first-order valence-corrected chi connectivity index (χ1v) is 8.45. The van der Waals surface area contributed by atoms with Crippen LogP contribution in [0, 0.1) is 6.92 Å². The topological polar surface area (TPSA) is 33.4 Å². The Morgan fingerprint density at radius 2 is 1.91 bits per heavy atom. The first-order valence-electron chi connectivity index (χ1n) is 7.22. The van der Waals surface area contributed by atoms with Gasteiger partial charge in [-0.05, 0) is 42.5 Å². The normalized spacial score (nSPS) is 11.1. The van der Waals surface area contributed by atoms with Crippen molar-refractivity contribution in [2.45, 2.75) is 18.2 Å². The van der Waals surface area contributed by atoms with Gasteiger partial charge in [0, 0.05) is 31.0 Å². The van der Waals surface area contributed by atoms with E-state index in [1.165, 1.54) is 21.6 Å². The maximum absolute atomic E-state index is 4.37. The second kappa shape index (κ2) is 6.01. The number of thioether (sulfide) groups is 1. The van der Waals surface area contributed by atoms with E-state index in [9.17, 15) is 0 Å². The van der Waals surface area contributed by atoms with Crippen molar-refractivity contribution < 1.29 is 0 Å². The van der Waals surface area contributed by atoms with Crippen molar-refractivity contribution in [2.75, 3.05) is 25.3 Å². The lowest BCUT2D eigenvalue weighted by Gasteiger charge is -2.20. The van der Waals surface area contributed by atoms with Crippen molar-refractivity contribution >= 4 is 23.2 Å². The average molecular weight is 312 g/mol. The third kappa shape index (κ3) is 2.68. The third-order valence-electron chi connectivity index (χ3n) is 3.83. The van der Waals surface area contributed by atoms with Gasteiger partial charge in [0.15, 0.2) is 5.65 Å². The lowest BCUT2D eigenvalue weighted by atomic mass is 10.0. The number of fused-ring (bicyclic) bond motifs is 1. The molecule has 0 N–H and O–H groups in total. The largest absolute Gasteiger partial charge is 0.362 e. The fourth-order valence-corrected chi connectivity index (χ4v) is 3.13. The lowest BCUT2D eigenvalue weighted by molar-refractivity contribution is 0.888. The molecule has 0 aliphatic carbocycles. The number of anilines is 1. The number of rotatable bonds is 4. The quantitative estimate of drug-likeness (QED) is 0.691. The van der Waals surface area contributed by atoms with E-state index in [4.69, 9.17) is 0 Å². The highest BCUT2D eigenvalue weighted by Crippen LogP contribution is 2.27. The highest BCUT2D eigenvalue weighted by Gasteiger charge is 2.15. The van der Waals surface area contributed by atoms with E-state index in [0.29, 0.717) is 0 Å². The fraction of sp³-hybridized carbons (Fsp3) is 0.294. The number of hydrogen-bond acceptors (Lipinski definition) is 4. The fourth-order valence-electron chi connectivity index (χ4n) is 2.72. The van der Waals surface area contributed by atoms with Crippen LogP contribution in [-0.4, -0.2) is 34.9 Å². The molecule has 0 radical (unpaired) electrons. The van der Waals surface area contributed by atoms with Crippen LogP contribution < -0.4 is 4.90 Å². The molecule has 3 rings (SSSR count). The van der Waals surface area contributed by atoms with Gasteiger partial charge in [0.05, 0.1) is 0 Å². The molecule has 1 aromatic carbocycles. The van der Waals surface area contributed by atoms with Crippen LogP contribution in [0.5, 0.6) is 0 Å². The van der Waals surface area contributed by atoms with Crippen LogP contribution in [0.25, 0.3) is 5.65 Å². The molecule has 0 unspecified atom stereocenters. The number of benzene rings is 1. The van der Waals surface area contributed by atoms with E-state index in [0.717, 1.165) is 17.9 Å². The van der Waals surface area contributed by atoms with E-state index < -0.39 is 0 Å². The Hall–Kier alpha value is -2.01. The molecule has 0 aliphatic rings. The smallest absolute Gasteiger partial charge is 0.157 e. The zero-order valence-corrected chi connectivity index (χ0v) is 14.2. The molecule has 0 spiro atoms. The van der Waals surface area contributed by atoms with Gasteiger partial charge in [0.1, 0.15) is 12.1 Å². The molecular weight excluding hydrogens is 292 g/mol. The van der Waals surface area contributed by atoms with Gasteiger partial charge in [-0.15, -0.1) is 11.8 Å². The zero-order valence-electron chi connectivity index (χ0n) is 13.4. The predicted octanol–water partition coefficient (Wildman–Crippen LogP) is 3.42. The molecule has 5 heteroatoms. The van der Waals surface area contributed by atoms with Crippen molar-refractivity contribution in [2.24, 2.45) is 0 Å². The SMILES string of the molecule is CSc1ccc(Cc2c(C)cc3ncnn3c2N(C)C)cc1. The monoisotopic (exact) mass is 312 g/mol. The Morgan fingerprint density at radius 3 is 2.55 bits per heavy atom. The molecule has 0 saturated carbocycles. The molecule has 114 valence electrons. The summed E-state index contributed by atoms with van der Waals surface area (Å²) in [5.41, 5.74) is 4.74. The van der Waals surface area contributed by atoms with E-state index in [1.807, 2.05) is 4.52 Å². The summed E-state index contributed by atoms with van der Waals surface area (Å²) in [6.45, 7) is 2.15. The average Bonchev–Trinajstić information content (AvgIpc) is 2.95. The van der Waals surface area contributed by atoms with Gasteiger partial charge in [0.2, 0.25) is 0 Å². The minimum atomic E-state index is 0.891. The first kappa shape index (κ1) is 14.9. The highest BCUT2D eigenvalue weighted by atomic mass is 32.2. The van der Waals surface area contributed by atoms with Crippen LogP contribution in [0.3, 0.4) is 0 Å². The van der Waals surface area contributed by atoms with E-state index >= 15 is 0 Å². The molecule has 0 fully saturated rings. The molecule has 0 aliphatic heterocycles. The minimum absolute atomic E-state index is 0.891. The summed E-state index contributed by atoms with van der Waals surface area (Å²) in [4.78, 5) is 7.72. The maximum Gasteiger partial charge on any atom is 0.157 e. The van der Waals surface area contributed by atoms with Gasteiger partial charge in [-0.2, -0.15) is 9.61 Å². The van der Waals surface area contributed by atoms with Crippen molar-refractivity contribution in [1.82, 2.24) is 14.6 Å². The number of hydrogen-bond donors (Lipinski definition) is 0. The molecule has 0 atom stereocenters. The minimum Gasteiger partial charge on any atom is -0.362 e. The molecule has 0 bridgehead atoms. The maximum atomic E-state index is 4.37. The van der Waals surface area contributed by atoms with Crippen LogP contribution in [-0.2, 0) is 6.42 Å². The van der Waals surface area contributed by atoms with Crippen LogP contribution in [0.1, 0.15) is 16.7 Å². The molecule has 2 aromatic heterocycles. The predicted molar refractivity (Wildman–Crippen MR) is 93.1 cm³/mol. The summed E-state index contributed by atoms with van der Waals surface area (Å²) in [7, 11) is 4.10. The van der Waals surface area contributed by atoms with Crippen molar-refractivity contribution in [1.29, 1.82) is 0 Å². The summed E-state index contributed by atoms with van der Waals surface area (Å²) in [6, 6.07) is 10.9. The van der Waals surface area contributed by atoms with Crippen molar-refractivity contribution in [3.05, 3.63) is 53.3 Å². The van der Waals surface area contributed by atoms with Crippen molar-refractivity contribution in [3.63, 3.8) is 0 Å². The summed E-state index contributed by atoms with van der Waals surface area (Å²) >= 11 is 1.77. The molecule has 22 heavy (non-hydrogen) atoms. The summed E-state index contributed by atoms with van der Waals surface area (Å²) < 4.78 is 1.92. The second-order valence-corrected chi connectivity index (χ2v) is 6.46. The van der Waals surface area contributed by atoms with Crippen LogP contribution >= 0.6 is 11.8 Å². The molecule has 0 saturated heterocycles. The van der Waals surface area contributed by atoms with Gasteiger partial charge in [-0.3, -0.25) is 0 Å². The summed E-state index contributed by atoms with van der Waals surface area (Å²) in [6.07, 6.45) is 4.60. The first-order chi connectivity index (χ1) is 10.6. The molecular formula is C17H20N4S. The summed E-state index contributed by atoms with van der Waals surface area (Å²) in [5, 5.41) is 4.37. The number of aromatic nitrogens is 3. The third-order valence-corrected chi connectivity index (χ3v) is 4.57. The molecule has 3 aromatic rings. The van der Waals surface area contributed by atoms with Crippen LogP contribution in [0.15, 0.2) is 41.6 Å². The number of pyridine rings is 1. The van der Waals surface area contributed by atoms with E-state index in [1.54, 1.807) is 18.1 Å². The Bertz CT molecular complexity index is 790. The van der Waals surface area contributed by atoms with Crippen LogP contribution in [0.4, 0.5) is 5.82 Å². The Morgan fingerprint density at radius 1 is 1.18 bits per heavy atom. The lowest BCUT2D eigenvalue weighted by Crippen LogP contribution is -2.17. The van der Waals surface area contributed by atoms with E-state index in [-0.39, 0.29) is 0 Å². The Balaban J connectivity index is 2.08. The zero-order chi connectivity index (χ0) is 15.7. The van der Waals surface area contributed by atoms with Gasteiger partial charge in [-0.25, -0.2) is 4.98 Å². The van der Waals surface area contributed by atoms with Gasteiger partial charge in [-0.1, -0.05) is 12.1 Å². The van der Waals surface area contributed by atoms with Crippen molar-refractivity contribution in [3.8, 4) is 0 Å². The molecule has 0 amide bonds. The van der Waals surface area contributed by atoms with Crippen LogP contribution in [0.2, 0.25) is 0 Å². The number of nitrogens with zero attached hydrogens (tertiary/aromatic N) is 4. The van der Waals surface area contributed by atoms with Gasteiger partial charge < -0.3 is 4.90 Å². The number of aryl methyl sites for hydroxylation is 1. The Labute approximate surface area is 135 Å². The second-order valence-electron chi connectivity index (χ2n) is 5.58. The van der Waals surface area contributed by atoms with Gasteiger partial charge in [0.25, 0.3) is 0 Å². The standard InChI is InChI=1S/C17H20N4S/c1-12-9-16-18-11-19-21(16)17(20(2)3)15(12)10-13-5-7-14(22-4)8-6-13/h5-9,11H,10H2,1-4H3. The summed E-state index contributed by atoms with van der Waals surface area (Å²) in [5.74, 6) is 1.10. The highest BCUT2D eigenvalue weighted by molar-refractivity contribution is 7.98. The molecule has 2 heterocycles. The van der Waals surface area contributed by atoms with E-state index in [2.05, 4.69) is 72.6 Å².